The van der Waals surface area contributed by atoms with Gasteiger partial charge in [-0.25, -0.2) is 15.0 Å². The first kappa shape index (κ1) is 30.4. The van der Waals surface area contributed by atoms with E-state index in [0.29, 0.717) is 17.5 Å². The predicted molar refractivity (Wildman–Crippen MR) is 226 cm³/mol. The first-order valence-electron chi connectivity index (χ1n) is 18.5. The SMILES string of the molecule is c1ccc(-n2c3ccccc3c3c4cccc5c4n(c32)-c2cccc(-c3nc(-c4ccc6ccccc6c4)nc(-c4cccc6ccccc46)n3)c2S5)cc1. The molecular weight excluding hydrogens is 691 g/mol. The molecule has 0 aliphatic carbocycles. The zero-order valence-corrected chi connectivity index (χ0v) is 30.2. The summed E-state index contributed by atoms with van der Waals surface area (Å²) in [5.41, 5.74) is 8.70. The summed E-state index contributed by atoms with van der Waals surface area (Å²) in [5, 5.41) is 8.32. The molecule has 0 atom stereocenters. The highest BCUT2D eigenvalue weighted by Crippen LogP contribution is 2.51. The van der Waals surface area contributed by atoms with E-state index < -0.39 is 0 Å². The lowest BCUT2D eigenvalue weighted by atomic mass is 10.0. The second kappa shape index (κ2) is 11.7. The number of benzene rings is 8. The Labute approximate surface area is 320 Å². The summed E-state index contributed by atoms with van der Waals surface area (Å²) in [4.78, 5) is 18.1. The summed E-state index contributed by atoms with van der Waals surface area (Å²) >= 11 is 1.80. The molecule has 0 N–H and O–H groups in total. The van der Waals surface area contributed by atoms with E-state index in [4.69, 9.17) is 15.0 Å². The molecular formula is C49H29N5S. The van der Waals surface area contributed by atoms with Crippen molar-refractivity contribution in [3.8, 4) is 45.5 Å². The van der Waals surface area contributed by atoms with Crippen LogP contribution in [-0.4, -0.2) is 24.1 Å². The van der Waals surface area contributed by atoms with Gasteiger partial charge in [0.1, 0.15) is 5.65 Å². The van der Waals surface area contributed by atoms with Gasteiger partial charge in [0.2, 0.25) is 0 Å². The summed E-state index contributed by atoms with van der Waals surface area (Å²) in [6.07, 6.45) is 0. The van der Waals surface area contributed by atoms with Crippen LogP contribution in [0.25, 0.3) is 99.9 Å². The number of nitrogens with zero attached hydrogens (tertiary/aromatic N) is 5. The molecule has 8 aromatic carbocycles. The van der Waals surface area contributed by atoms with Crippen molar-refractivity contribution in [2.75, 3.05) is 0 Å². The summed E-state index contributed by atoms with van der Waals surface area (Å²) in [7, 11) is 0. The predicted octanol–water partition coefficient (Wildman–Crippen LogP) is 12.7. The van der Waals surface area contributed by atoms with Gasteiger partial charge in [0.25, 0.3) is 0 Å². The molecule has 4 heterocycles. The molecule has 0 saturated carbocycles. The fraction of sp³-hybridized carbons (Fsp3) is 0. The topological polar surface area (TPSA) is 48.5 Å². The summed E-state index contributed by atoms with van der Waals surface area (Å²) in [6, 6.07) is 62.4. The Bertz CT molecular complexity index is 3350. The molecule has 0 unspecified atom stereocenters. The Balaban J connectivity index is 1.15. The smallest absolute Gasteiger partial charge is 0.165 e. The van der Waals surface area contributed by atoms with Gasteiger partial charge in [-0.05, 0) is 64.0 Å². The van der Waals surface area contributed by atoms with Crippen LogP contribution in [0.4, 0.5) is 0 Å². The van der Waals surface area contributed by atoms with Crippen molar-refractivity contribution in [3.05, 3.63) is 176 Å². The molecule has 3 aromatic heterocycles. The van der Waals surface area contributed by atoms with Gasteiger partial charge in [-0.2, -0.15) is 0 Å². The van der Waals surface area contributed by atoms with E-state index in [1.807, 2.05) is 0 Å². The Morgan fingerprint density at radius 3 is 1.98 bits per heavy atom. The van der Waals surface area contributed by atoms with Crippen LogP contribution >= 0.6 is 11.8 Å². The van der Waals surface area contributed by atoms with Crippen LogP contribution in [0.1, 0.15) is 0 Å². The Kier molecular flexibility index (Phi) is 6.50. The van der Waals surface area contributed by atoms with E-state index in [-0.39, 0.29) is 0 Å². The number of aromatic nitrogens is 5. The lowest BCUT2D eigenvalue weighted by Crippen LogP contribution is -2.07. The van der Waals surface area contributed by atoms with Crippen molar-refractivity contribution in [1.82, 2.24) is 24.1 Å². The molecule has 0 radical (unpaired) electrons. The third-order valence-electron chi connectivity index (χ3n) is 10.9. The number of para-hydroxylation sites is 3. The van der Waals surface area contributed by atoms with E-state index >= 15 is 0 Å². The third kappa shape index (κ3) is 4.52. The molecule has 5 nitrogen and oxygen atoms in total. The number of fused-ring (bicyclic) bond motifs is 9. The minimum atomic E-state index is 0.646. The highest BCUT2D eigenvalue weighted by molar-refractivity contribution is 8.00. The first-order chi connectivity index (χ1) is 27.3. The van der Waals surface area contributed by atoms with Crippen molar-refractivity contribution < 1.29 is 0 Å². The zero-order valence-electron chi connectivity index (χ0n) is 29.4. The Hall–Kier alpha value is -7.02. The van der Waals surface area contributed by atoms with Gasteiger partial charge in [-0.1, -0.05) is 145 Å². The summed E-state index contributed by atoms with van der Waals surface area (Å²) < 4.78 is 4.89. The largest absolute Gasteiger partial charge is 0.295 e. The molecule has 1 aliphatic heterocycles. The van der Waals surface area contributed by atoms with Crippen molar-refractivity contribution in [1.29, 1.82) is 0 Å². The fourth-order valence-electron chi connectivity index (χ4n) is 8.51. The normalized spacial score (nSPS) is 12.3. The minimum absolute atomic E-state index is 0.646. The van der Waals surface area contributed by atoms with Crippen LogP contribution in [0, 0.1) is 0 Å². The van der Waals surface area contributed by atoms with E-state index in [1.165, 1.54) is 37.5 Å². The zero-order chi connectivity index (χ0) is 36.0. The van der Waals surface area contributed by atoms with E-state index in [2.05, 4.69) is 185 Å². The maximum Gasteiger partial charge on any atom is 0.165 e. The van der Waals surface area contributed by atoms with Gasteiger partial charge < -0.3 is 0 Å². The van der Waals surface area contributed by atoms with Gasteiger partial charge in [0.15, 0.2) is 17.5 Å². The van der Waals surface area contributed by atoms with Gasteiger partial charge in [-0.15, -0.1) is 0 Å². The van der Waals surface area contributed by atoms with E-state index in [1.54, 1.807) is 11.8 Å². The third-order valence-corrected chi connectivity index (χ3v) is 12.1. The lowest BCUT2D eigenvalue weighted by molar-refractivity contribution is 1.02. The van der Waals surface area contributed by atoms with Crippen molar-refractivity contribution in [3.63, 3.8) is 0 Å². The number of hydrogen-bond acceptors (Lipinski definition) is 4. The average Bonchev–Trinajstić information content (AvgIpc) is 3.77. The summed E-state index contributed by atoms with van der Waals surface area (Å²) in [6.45, 7) is 0. The molecule has 256 valence electrons. The lowest BCUT2D eigenvalue weighted by Gasteiger charge is -2.23. The Morgan fingerprint density at radius 2 is 1.09 bits per heavy atom. The van der Waals surface area contributed by atoms with Gasteiger partial charge >= 0.3 is 0 Å². The van der Waals surface area contributed by atoms with Gasteiger partial charge in [0.05, 0.1) is 16.7 Å². The highest BCUT2D eigenvalue weighted by atomic mass is 32.2. The molecule has 1 aliphatic rings. The molecule has 0 saturated heterocycles. The van der Waals surface area contributed by atoms with Crippen LogP contribution in [0.5, 0.6) is 0 Å². The van der Waals surface area contributed by atoms with E-state index in [9.17, 15) is 0 Å². The maximum atomic E-state index is 5.32. The summed E-state index contributed by atoms with van der Waals surface area (Å²) in [5.74, 6) is 1.94. The number of hydrogen-bond donors (Lipinski definition) is 0. The second-order valence-electron chi connectivity index (χ2n) is 14.0. The molecule has 55 heavy (non-hydrogen) atoms. The van der Waals surface area contributed by atoms with Crippen molar-refractivity contribution >= 4 is 66.1 Å². The van der Waals surface area contributed by atoms with Gasteiger partial charge in [0, 0.05) is 48.3 Å². The van der Waals surface area contributed by atoms with Crippen molar-refractivity contribution in [2.45, 2.75) is 9.79 Å². The molecule has 0 bridgehead atoms. The van der Waals surface area contributed by atoms with Crippen LogP contribution in [0.2, 0.25) is 0 Å². The van der Waals surface area contributed by atoms with Crippen LogP contribution in [0.15, 0.2) is 186 Å². The van der Waals surface area contributed by atoms with Crippen molar-refractivity contribution in [2.24, 2.45) is 0 Å². The quantitative estimate of drug-likeness (QED) is 0.182. The standard InChI is InChI=1S/C49H29N5S/c1-2-17-34(18-3-1)53-40-24-9-8-20-37(40)43-38-22-12-26-42-44(38)54(49(43)53)41-25-11-23-39(45(41)55-42)48-51-46(33-28-27-30-13-4-5-15-32(30)29-33)50-47(52-48)36-21-10-16-31-14-6-7-19-35(31)36/h1-29H. The Morgan fingerprint density at radius 1 is 0.436 bits per heavy atom. The molecule has 0 spiro atoms. The van der Waals surface area contributed by atoms with Gasteiger partial charge in [-0.3, -0.25) is 9.13 Å². The average molecular weight is 720 g/mol. The molecule has 11 aromatic rings. The van der Waals surface area contributed by atoms with Crippen LogP contribution in [-0.2, 0) is 0 Å². The highest BCUT2D eigenvalue weighted by Gasteiger charge is 2.30. The monoisotopic (exact) mass is 719 g/mol. The fourth-order valence-corrected chi connectivity index (χ4v) is 9.71. The molecule has 12 rings (SSSR count). The second-order valence-corrected chi connectivity index (χ2v) is 15.1. The molecule has 0 fully saturated rings. The van der Waals surface area contributed by atoms with Crippen LogP contribution in [0.3, 0.4) is 0 Å². The molecule has 0 amide bonds. The number of rotatable bonds is 4. The van der Waals surface area contributed by atoms with Crippen LogP contribution < -0.4 is 0 Å². The van der Waals surface area contributed by atoms with E-state index in [0.717, 1.165) is 54.8 Å². The maximum absolute atomic E-state index is 5.32. The minimum Gasteiger partial charge on any atom is -0.295 e. The first-order valence-corrected chi connectivity index (χ1v) is 19.3. The molecule has 6 heteroatoms.